The largest absolute Gasteiger partial charge is 0.456 e. The van der Waals surface area contributed by atoms with E-state index in [0.29, 0.717) is 35.4 Å². The number of hydrogen-bond acceptors (Lipinski definition) is 4. The number of carbonyl (C=O) groups is 1. The predicted octanol–water partition coefficient (Wildman–Crippen LogP) is 3.63. The van der Waals surface area contributed by atoms with Gasteiger partial charge in [-0.3, -0.25) is 9.59 Å². The van der Waals surface area contributed by atoms with Crippen molar-refractivity contribution < 1.29 is 13.9 Å². The van der Waals surface area contributed by atoms with Crippen molar-refractivity contribution in [1.82, 2.24) is 4.90 Å². The Bertz CT molecular complexity index is 1050. The van der Waals surface area contributed by atoms with E-state index in [0.717, 1.165) is 17.5 Å². The summed E-state index contributed by atoms with van der Waals surface area (Å²) in [5.41, 5.74) is 2.89. The van der Waals surface area contributed by atoms with Crippen molar-refractivity contribution in [2.24, 2.45) is 0 Å². The summed E-state index contributed by atoms with van der Waals surface area (Å²) in [6, 6.07) is 14.2. The van der Waals surface area contributed by atoms with Crippen molar-refractivity contribution in [2.45, 2.75) is 19.4 Å². The number of carbonyl (C=O) groups excluding carboxylic acids is 1. The zero-order valence-corrected chi connectivity index (χ0v) is 15.4. The van der Waals surface area contributed by atoms with E-state index in [1.165, 1.54) is 6.07 Å². The van der Waals surface area contributed by atoms with Gasteiger partial charge in [-0.1, -0.05) is 23.8 Å². The van der Waals surface area contributed by atoms with E-state index in [-0.39, 0.29) is 17.4 Å². The summed E-state index contributed by atoms with van der Waals surface area (Å²) >= 11 is 0. The van der Waals surface area contributed by atoms with E-state index in [2.05, 4.69) is 0 Å². The molecule has 5 nitrogen and oxygen atoms in total. The summed E-state index contributed by atoms with van der Waals surface area (Å²) in [6.45, 7) is 3.27. The highest BCUT2D eigenvalue weighted by Crippen LogP contribution is 2.24. The van der Waals surface area contributed by atoms with Crippen LogP contribution in [0.1, 0.15) is 22.3 Å². The Balaban J connectivity index is 1.61. The van der Waals surface area contributed by atoms with Crippen molar-refractivity contribution >= 4 is 16.9 Å². The highest BCUT2D eigenvalue weighted by atomic mass is 16.5. The summed E-state index contributed by atoms with van der Waals surface area (Å²) in [5, 5.41) is 0.576. The fourth-order valence-electron chi connectivity index (χ4n) is 3.48. The molecule has 0 bridgehead atoms. The Morgan fingerprint density at radius 3 is 2.63 bits per heavy atom. The van der Waals surface area contributed by atoms with E-state index < -0.39 is 0 Å². The average Bonchev–Trinajstić information content (AvgIpc) is 3.17. The van der Waals surface area contributed by atoms with Gasteiger partial charge in [0.15, 0.2) is 5.43 Å². The molecule has 0 spiro atoms. The minimum absolute atomic E-state index is 0.00320. The summed E-state index contributed by atoms with van der Waals surface area (Å²) in [7, 11) is 1.67. The lowest BCUT2D eigenvalue weighted by atomic mass is 10.1. The number of nitrogens with zero attached hydrogens (tertiary/aromatic N) is 1. The molecule has 0 radical (unpaired) electrons. The number of amides is 1. The maximum atomic E-state index is 12.6. The van der Waals surface area contributed by atoms with Gasteiger partial charge in [0.25, 0.3) is 5.91 Å². The van der Waals surface area contributed by atoms with Crippen LogP contribution < -0.4 is 5.43 Å². The second-order valence-electron chi connectivity index (χ2n) is 6.95. The third-order valence-electron chi connectivity index (χ3n) is 5.06. The summed E-state index contributed by atoms with van der Waals surface area (Å²) in [6.07, 6.45) is 0.978. The Kier molecular flexibility index (Phi) is 4.54. The summed E-state index contributed by atoms with van der Waals surface area (Å²) in [4.78, 5) is 26.8. The molecule has 4 rings (SSSR count). The van der Waals surface area contributed by atoms with Crippen LogP contribution in [-0.2, 0) is 4.74 Å². The highest BCUT2D eigenvalue weighted by molar-refractivity contribution is 5.95. The highest BCUT2D eigenvalue weighted by Gasteiger charge is 2.26. The Hall–Kier alpha value is -2.92. The van der Waals surface area contributed by atoms with E-state index in [4.69, 9.17) is 9.15 Å². The third-order valence-corrected chi connectivity index (χ3v) is 5.06. The van der Waals surface area contributed by atoms with Crippen molar-refractivity contribution in [3.8, 4) is 11.3 Å². The van der Waals surface area contributed by atoms with Gasteiger partial charge in [-0.15, -0.1) is 0 Å². The lowest BCUT2D eigenvalue weighted by Crippen LogP contribution is -2.29. The SMILES string of the molecule is COC1CCN(C(=O)c2ccc(-c3cc(=O)c4cc(C)ccc4o3)cc2)C1. The van der Waals surface area contributed by atoms with Crippen LogP contribution in [0.2, 0.25) is 0 Å². The minimum atomic E-state index is -0.0715. The Morgan fingerprint density at radius 1 is 1.15 bits per heavy atom. The molecule has 1 saturated heterocycles. The number of rotatable bonds is 3. The van der Waals surface area contributed by atoms with Crippen LogP contribution in [0.3, 0.4) is 0 Å². The minimum Gasteiger partial charge on any atom is -0.456 e. The number of benzene rings is 2. The molecule has 1 aromatic heterocycles. The van der Waals surface area contributed by atoms with Gasteiger partial charge in [0.05, 0.1) is 11.5 Å². The Morgan fingerprint density at radius 2 is 1.93 bits per heavy atom. The number of aryl methyl sites for hydroxylation is 1. The van der Waals surface area contributed by atoms with Gasteiger partial charge in [0.1, 0.15) is 11.3 Å². The van der Waals surface area contributed by atoms with Gasteiger partial charge in [-0.05, 0) is 37.6 Å². The van der Waals surface area contributed by atoms with E-state index in [1.807, 2.05) is 42.2 Å². The zero-order valence-electron chi connectivity index (χ0n) is 15.4. The first-order valence-electron chi connectivity index (χ1n) is 9.02. The normalized spacial score (nSPS) is 16.8. The molecule has 27 heavy (non-hydrogen) atoms. The lowest BCUT2D eigenvalue weighted by molar-refractivity contribution is 0.0724. The van der Waals surface area contributed by atoms with E-state index >= 15 is 0 Å². The van der Waals surface area contributed by atoms with Crippen LogP contribution in [0.25, 0.3) is 22.3 Å². The molecule has 1 amide bonds. The topological polar surface area (TPSA) is 59.8 Å². The van der Waals surface area contributed by atoms with Crippen molar-refractivity contribution in [2.75, 3.05) is 20.2 Å². The monoisotopic (exact) mass is 363 g/mol. The van der Waals surface area contributed by atoms with Crippen LogP contribution in [0, 0.1) is 6.92 Å². The molecule has 2 heterocycles. The first-order valence-corrected chi connectivity index (χ1v) is 9.02. The van der Waals surface area contributed by atoms with Gasteiger partial charge < -0.3 is 14.1 Å². The molecule has 2 aromatic carbocycles. The fraction of sp³-hybridized carbons (Fsp3) is 0.273. The lowest BCUT2D eigenvalue weighted by Gasteiger charge is -2.16. The molecule has 138 valence electrons. The van der Waals surface area contributed by atoms with Crippen molar-refractivity contribution in [3.05, 3.63) is 69.9 Å². The number of ether oxygens (including phenoxy) is 1. The van der Waals surface area contributed by atoms with E-state index in [9.17, 15) is 9.59 Å². The first-order chi connectivity index (χ1) is 13.0. The fourth-order valence-corrected chi connectivity index (χ4v) is 3.48. The molecule has 1 aliphatic rings. The van der Waals surface area contributed by atoms with Gasteiger partial charge in [0, 0.05) is 37.4 Å². The molecule has 1 fully saturated rings. The van der Waals surface area contributed by atoms with Crippen molar-refractivity contribution in [1.29, 1.82) is 0 Å². The zero-order chi connectivity index (χ0) is 19.0. The molecule has 0 saturated carbocycles. The van der Waals surface area contributed by atoms with Gasteiger partial charge in [0.2, 0.25) is 0 Å². The molecular weight excluding hydrogens is 342 g/mol. The third kappa shape index (κ3) is 3.38. The maximum absolute atomic E-state index is 12.6. The molecule has 5 heteroatoms. The van der Waals surface area contributed by atoms with Crippen molar-refractivity contribution in [3.63, 3.8) is 0 Å². The Labute approximate surface area is 157 Å². The maximum Gasteiger partial charge on any atom is 0.253 e. The van der Waals surface area contributed by atoms with Crippen LogP contribution in [0.15, 0.2) is 57.7 Å². The number of likely N-dealkylation sites (tertiary alicyclic amines) is 1. The molecule has 3 aromatic rings. The molecule has 1 unspecified atom stereocenters. The molecule has 0 N–H and O–H groups in total. The standard InChI is InChI=1S/C22H21NO4/c1-14-3-8-20-18(11-14)19(24)12-21(27-20)15-4-6-16(7-5-15)22(25)23-10-9-17(13-23)26-2/h3-8,11-12,17H,9-10,13H2,1-2H3. The number of methoxy groups -OCH3 is 1. The summed E-state index contributed by atoms with van der Waals surface area (Å²) < 4.78 is 11.2. The average molecular weight is 363 g/mol. The smallest absolute Gasteiger partial charge is 0.253 e. The van der Waals surface area contributed by atoms with Crippen LogP contribution >= 0.6 is 0 Å². The van der Waals surface area contributed by atoms with Crippen LogP contribution in [0.4, 0.5) is 0 Å². The second kappa shape index (κ2) is 7.00. The summed E-state index contributed by atoms with van der Waals surface area (Å²) in [5.74, 6) is 0.493. The predicted molar refractivity (Wildman–Crippen MR) is 104 cm³/mol. The number of fused-ring (bicyclic) bond motifs is 1. The van der Waals surface area contributed by atoms with Gasteiger partial charge >= 0.3 is 0 Å². The van der Waals surface area contributed by atoms with Crippen LogP contribution in [0.5, 0.6) is 0 Å². The molecular formula is C22H21NO4. The number of hydrogen-bond donors (Lipinski definition) is 0. The quantitative estimate of drug-likeness (QED) is 0.713. The first kappa shape index (κ1) is 17.5. The molecule has 1 aliphatic heterocycles. The molecule has 0 aliphatic carbocycles. The molecule has 1 atom stereocenters. The second-order valence-corrected chi connectivity index (χ2v) is 6.95. The van der Waals surface area contributed by atoms with Crippen LogP contribution in [-0.4, -0.2) is 37.1 Å². The van der Waals surface area contributed by atoms with Gasteiger partial charge in [-0.2, -0.15) is 0 Å². The van der Waals surface area contributed by atoms with Gasteiger partial charge in [-0.25, -0.2) is 0 Å². The van der Waals surface area contributed by atoms with E-state index in [1.54, 1.807) is 19.2 Å².